The van der Waals surface area contributed by atoms with Gasteiger partial charge >= 0.3 is 0 Å². The van der Waals surface area contributed by atoms with Crippen molar-refractivity contribution in [3.63, 3.8) is 0 Å². The van der Waals surface area contributed by atoms with Crippen molar-refractivity contribution < 1.29 is 8.42 Å². The van der Waals surface area contributed by atoms with Crippen LogP contribution in [0.15, 0.2) is 17.2 Å². The van der Waals surface area contributed by atoms with Gasteiger partial charge in [-0.1, -0.05) is 18.0 Å². The van der Waals surface area contributed by atoms with E-state index in [-0.39, 0.29) is 27.8 Å². The number of pyridine rings is 1. The molecule has 1 aromatic heterocycles. The first-order valence-electron chi connectivity index (χ1n) is 6.28. The van der Waals surface area contributed by atoms with Crippen molar-refractivity contribution in [1.82, 2.24) is 9.29 Å². The number of nitrogens with zero attached hydrogens (tertiary/aromatic N) is 2. The van der Waals surface area contributed by atoms with Crippen molar-refractivity contribution in [2.45, 2.75) is 50.1 Å². The van der Waals surface area contributed by atoms with E-state index in [4.69, 9.17) is 17.3 Å². The third kappa shape index (κ3) is 2.70. The number of rotatable bonds is 2. The van der Waals surface area contributed by atoms with E-state index in [1.54, 1.807) is 4.31 Å². The summed E-state index contributed by atoms with van der Waals surface area (Å²) in [7, 11) is -3.57. The van der Waals surface area contributed by atoms with Crippen LogP contribution in [0.25, 0.3) is 0 Å². The third-order valence-electron chi connectivity index (χ3n) is 3.53. The van der Waals surface area contributed by atoms with Crippen molar-refractivity contribution >= 4 is 27.4 Å². The first kappa shape index (κ1) is 14.6. The van der Waals surface area contributed by atoms with Gasteiger partial charge in [0.2, 0.25) is 10.0 Å². The Hall–Kier alpha value is -0.850. The molecule has 1 aliphatic rings. The SMILES string of the molecule is C[C@@H]1CCC[C@H](C)N1S(=O)(=O)c1cnc(N)c(Cl)c1. The smallest absolute Gasteiger partial charge is 0.245 e. The summed E-state index contributed by atoms with van der Waals surface area (Å²) in [4.78, 5) is 3.93. The summed E-state index contributed by atoms with van der Waals surface area (Å²) in [6, 6.07) is 1.35. The highest BCUT2D eigenvalue weighted by molar-refractivity contribution is 7.89. The van der Waals surface area contributed by atoms with E-state index in [0.29, 0.717) is 0 Å². The van der Waals surface area contributed by atoms with Gasteiger partial charge < -0.3 is 5.73 Å². The van der Waals surface area contributed by atoms with Crippen LogP contribution in [-0.2, 0) is 10.0 Å². The summed E-state index contributed by atoms with van der Waals surface area (Å²) in [5, 5.41) is 0.165. The van der Waals surface area contributed by atoms with Gasteiger partial charge in [0.25, 0.3) is 0 Å². The van der Waals surface area contributed by atoms with Crippen molar-refractivity contribution in [2.24, 2.45) is 0 Å². The average Bonchev–Trinajstić information content (AvgIpc) is 2.32. The Morgan fingerprint density at radius 2 is 1.95 bits per heavy atom. The number of hydrogen-bond acceptors (Lipinski definition) is 4. The molecule has 1 aliphatic heterocycles. The zero-order valence-corrected chi connectivity index (χ0v) is 12.6. The van der Waals surface area contributed by atoms with E-state index in [2.05, 4.69) is 4.98 Å². The second-order valence-corrected chi connectivity index (χ2v) is 7.25. The van der Waals surface area contributed by atoms with Gasteiger partial charge in [-0.3, -0.25) is 0 Å². The molecule has 1 fully saturated rings. The maximum absolute atomic E-state index is 12.7. The number of aromatic nitrogens is 1. The molecule has 0 aromatic carbocycles. The van der Waals surface area contributed by atoms with Crippen LogP contribution >= 0.6 is 11.6 Å². The molecular formula is C12H18ClN3O2S. The quantitative estimate of drug-likeness (QED) is 0.909. The van der Waals surface area contributed by atoms with Crippen LogP contribution < -0.4 is 5.73 Å². The van der Waals surface area contributed by atoms with Crippen LogP contribution in [0.1, 0.15) is 33.1 Å². The topological polar surface area (TPSA) is 76.3 Å². The minimum absolute atomic E-state index is 0.00919. The number of nitrogens with two attached hydrogens (primary N) is 1. The van der Waals surface area contributed by atoms with Gasteiger partial charge in [0.15, 0.2) is 0 Å². The highest BCUT2D eigenvalue weighted by Gasteiger charge is 2.36. The van der Waals surface area contributed by atoms with Gasteiger partial charge in [0.1, 0.15) is 10.7 Å². The largest absolute Gasteiger partial charge is 0.382 e. The van der Waals surface area contributed by atoms with Gasteiger partial charge in [-0.25, -0.2) is 13.4 Å². The highest BCUT2D eigenvalue weighted by Crippen LogP contribution is 2.30. The van der Waals surface area contributed by atoms with Crippen molar-refractivity contribution in [3.8, 4) is 0 Å². The number of sulfonamides is 1. The standard InChI is InChI=1S/C12H18ClN3O2S/c1-8-4-3-5-9(2)16(8)19(17,18)10-6-11(13)12(14)15-7-10/h6-9H,3-5H2,1-2H3,(H2,14,15)/t8-,9+. The molecule has 0 saturated carbocycles. The Kier molecular flexibility index (Phi) is 4.03. The van der Waals surface area contributed by atoms with E-state index in [1.165, 1.54) is 12.3 Å². The van der Waals surface area contributed by atoms with Crippen LogP contribution in [0.5, 0.6) is 0 Å². The molecule has 7 heteroatoms. The van der Waals surface area contributed by atoms with Gasteiger partial charge in [-0.2, -0.15) is 4.31 Å². The van der Waals surface area contributed by atoms with E-state index < -0.39 is 10.0 Å². The number of halogens is 1. The minimum Gasteiger partial charge on any atom is -0.382 e. The van der Waals surface area contributed by atoms with Crippen molar-refractivity contribution in [3.05, 3.63) is 17.3 Å². The molecule has 2 atom stereocenters. The van der Waals surface area contributed by atoms with Crippen molar-refractivity contribution in [2.75, 3.05) is 5.73 Å². The number of anilines is 1. The summed E-state index contributed by atoms with van der Waals surface area (Å²) >= 11 is 5.86. The third-order valence-corrected chi connectivity index (χ3v) is 5.93. The summed E-state index contributed by atoms with van der Waals surface area (Å²) in [5.74, 6) is 0.139. The summed E-state index contributed by atoms with van der Waals surface area (Å²) in [6.45, 7) is 3.86. The second kappa shape index (κ2) is 5.26. The Balaban J connectivity index is 2.43. The Morgan fingerprint density at radius 3 is 2.47 bits per heavy atom. The fourth-order valence-electron chi connectivity index (χ4n) is 2.57. The fraction of sp³-hybridized carbons (Fsp3) is 0.583. The molecule has 2 rings (SSSR count). The molecule has 0 bridgehead atoms. The van der Waals surface area contributed by atoms with E-state index in [9.17, 15) is 8.42 Å². The molecule has 0 radical (unpaired) electrons. The van der Waals surface area contributed by atoms with Crippen LogP contribution in [0, 0.1) is 0 Å². The van der Waals surface area contributed by atoms with Gasteiger partial charge in [0.05, 0.1) is 5.02 Å². The summed E-state index contributed by atoms with van der Waals surface area (Å²) < 4.78 is 26.9. The first-order chi connectivity index (χ1) is 8.84. The lowest BCUT2D eigenvalue weighted by atomic mass is 10.0. The zero-order valence-electron chi connectivity index (χ0n) is 11.0. The molecular weight excluding hydrogens is 286 g/mol. The van der Waals surface area contributed by atoms with E-state index in [1.807, 2.05) is 13.8 Å². The normalized spacial score (nSPS) is 25.4. The second-order valence-electron chi connectivity index (χ2n) is 5.00. The molecule has 5 nitrogen and oxygen atoms in total. The number of hydrogen-bond donors (Lipinski definition) is 1. The minimum atomic E-state index is -3.57. The zero-order chi connectivity index (χ0) is 14.2. The lowest BCUT2D eigenvalue weighted by Crippen LogP contribution is -2.47. The molecule has 1 aromatic rings. The first-order valence-corrected chi connectivity index (χ1v) is 8.10. The van der Waals surface area contributed by atoms with Crippen molar-refractivity contribution in [1.29, 1.82) is 0 Å². The summed E-state index contributed by atoms with van der Waals surface area (Å²) in [5.41, 5.74) is 5.51. The van der Waals surface area contributed by atoms with Gasteiger partial charge in [-0.15, -0.1) is 0 Å². The maximum Gasteiger partial charge on any atom is 0.245 e. The Bertz CT molecular complexity index is 566. The number of piperidine rings is 1. The van der Waals surface area contributed by atoms with Gasteiger partial charge in [-0.05, 0) is 32.8 Å². The molecule has 0 aliphatic carbocycles. The van der Waals surface area contributed by atoms with Crippen LogP contribution in [0.4, 0.5) is 5.82 Å². The van der Waals surface area contributed by atoms with Crippen LogP contribution in [-0.4, -0.2) is 29.8 Å². The Morgan fingerprint density at radius 1 is 1.37 bits per heavy atom. The molecule has 0 amide bonds. The lowest BCUT2D eigenvalue weighted by molar-refractivity contribution is 0.204. The number of nitrogen functional groups attached to an aromatic ring is 1. The predicted octanol–water partition coefficient (Wildman–Crippen LogP) is 2.27. The molecule has 2 heterocycles. The molecule has 19 heavy (non-hydrogen) atoms. The predicted molar refractivity (Wildman–Crippen MR) is 75.5 cm³/mol. The van der Waals surface area contributed by atoms with E-state index in [0.717, 1.165) is 19.3 Å². The highest BCUT2D eigenvalue weighted by atomic mass is 35.5. The lowest BCUT2D eigenvalue weighted by Gasteiger charge is -2.37. The Labute approximate surface area is 118 Å². The maximum atomic E-state index is 12.7. The molecule has 2 N–H and O–H groups in total. The molecule has 1 saturated heterocycles. The molecule has 0 unspecified atom stereocenters. The average molecular weight is 304 g/mol. The fourth-order valence-corrected chi connectivity index (χ4v) is 4.65. The van der Waals surface area contributed by atoms with Gasteiger partial charge in [0, 0.05) is 18.3 Å². The van der Waals surface area contributed by atoms with Crippen LogP contribution in [0.2, 0.25) is 5.02 Å². The molecule has 106 valence electrons. The monoisotopic (exact) mass is 303 g/mol. The summed E-state index contributed by atoms with van der Waals surface area (Å²) in [6.07, 6.45) is 4.07. The molecule has 0 spiro atoms. The van der Waals surface area contributed by atoms with Crippen LogP contribution in [0.3, 0.4) is 0 Å². The van der Waals surface area contributed by atoms with E-state index >= 15 is 0 Å².